The number of halogens is 2. The fourth-order valence-corrected chi connectivity index (χ4v) is 1.90. The summed E-state index contributed by atoms with van der Waals surface area (Å²) in [5.74, 6) is -0.112. The number of benzene rings is 1. The van der Waals surface area contributed by atoms with Crippen molar-refractivity contribution in [1.29, 1.82) is 0 Å². The smallest absolute Gasteiger partial charge is 0.242 e. The minimum Gasteiger partial charge on any atom is -0.383 e. The van der Waals surface area contributed by atoms with Gasteiger partial charge in [0.1, 0.15) is 6.04 Å². The molecule has 0 bridgehead atoms. The van der Waals surface area contributed by atoms with Crippen molar-refractivity contribution in [2.24, 2.45) is 5.73 Å². The predicted molar refractivity (Wildman–Crippen MR) is 79.6 cm³/mol. The highest BCUT2D eigenvalue weighted by atomic mass is 35.5. The van der Waals surface area contributed by atoms with E-state index in [1.165, 1.54) is 7.11 Å². The molecule has 0 fully saturated rings. The van der Waals surface area contributed by atoms with Crippen LogP contribution in [0.25, 0.3) is 0 Å². The van der Waals surface area contributed by atoms with Crippen LogP contribution < -0.4 is 5.73 Å². The second kappa shape index (κ2) is 9.15. The molecule has 0 aliphatic carbocycles. The molecule has 0 heterocycles. The molecular weight excluding hydrogens is 287 g/mol. The van der Waals surface area contributed by atoms with Crippen molar-refractivity contribution in [1.82, 2.24) is 4.90 Å². The third-order valence-electron chi connectivity index (χ3n) is 2.62. The van der Waals surface area contributed by atoms with Crippen molar-refractivity contribution in [2.45, 2.75) is 19.5 Å². The van der Waals surface area contributed by atoms with Crippen LogP contribution in [-0.4, -0.2) is 37.1 Å². The summed E-state index contributed by atoms with van der Waals surface area (Å²) in [5.41, 5.74) is 6.73. The Morgan fingerprint density at radius 3 is 2.74 bits per heavy atom. The lowest BCUT2D eigenvalue weighted by Crippen LogP contribution is -2.45. The van der Waals surface area contributed by atoms with E-state index in [9.17, 15) is 4.79 Å². The van der Waals surface area contributed by atoms with Gasteiger partial charge in [-0.05, 0) is 24.6 Å². The minimum absolute atomic E-state index is 0. The summed E-state index contributed by atoms with van der Waals surface area (Å²) in [7, 11) is 1.53. The van der Waals surface area contributed by atoms with E-state index in [1.807, 2.05) is 25.1 Å². The Balaban J connectivity index is 0.00000324. The Morgan fingerprint density at radius 1 is 1.53 bits per heavy atom. The Hall–Kier alpha value is -0.810. The molecule has 4 nitrogen and oxygen atoms in total. The number of ether oxygens (including phenoxy) is 1. The number of nitrogens with zero attached hydrogens (tertiary/aromatic N) is 1. The van der Waals surface area contributed by atoms with E-state index in [0.29, 0.717) is 18.1 Å². The summed E-state index contributed by atoms with van der Waals surface area (Å²) in [6.45, 7) is 3.25. The monoisotopic (exact) mass is 306 g/mol. The molecule has 1 rings (SSSR count). The van der Waals surface area contributed by atoms with Gasteiger partial charge in [0.25, 0.3) is 0 Å². The quantitative estimate of drug-likeness (QED) is 0.875. The lowest BCUT2D eigenvalue weighted by molar-refractivity contribution is -0.134. The van der Waals surface area contributed by atoms with Gasteiger partial charge in [-0.25, -0.2) is 0 Å². The molecule has 0 aliphatic heterocycles. The van der Waals surface area contributed by atoms with Crippen LogP contribution in [-0.2, 0) is 16.1 Å². The maximum absolute atomic E-state index is 12.0. The number of likely N-dealkylation sites (N-methyl/N-ethyl adjacent to an activating group) is 1. The van der Waals surface area contributed by atoms with E-state index >= 15 is 0 Å². The van der Waals surface area contributed by atoms with Gasteiger partial charge in [0.15, 0.2) is 0 Å². The lowest BCUT2D eigenvalue weighted by Gasteiger charge is -2.24. The van der Waals surface area contributed by atoms with Gasteiger partial charge >= 0.3 is 0 Å². The first-order chi connectivity index (χ1) is 8.58. The molecule has 19 heavy (non-hydrogen) atoms. The average molecular weight is 307 g/mol. The first-order valence-electron chi connectivity index (χ1n) is 5.86. The van der Waals surface area contributed by atoms with Gasteiger partial charge in [-0.1, -0.05) is 23.7 Å². The molecule has 0 saturated heterocycles. The first-order valence-corrected chi connectivity index (χ1v) is 6.24. The Kier molecular flexibility index (Phi) is 8.76. The van der Waals surface area contributed by atoms with Gasteiger partial charge in [0.05, 0.1) is 6.61 Å². The number of amides is 1. The van der Waals surface area contributed by atoms with Crippen LogP contribution >= 0.6 is 24.0 Å². The molecule has 0 aromatic heterocycles. The van der Waals surface area contributed by atoms with Crippen LogP contribution in [0.15, 0.2) is 24.3 Å². The third kappa shape index (κ3) is 5.78. The summed E-state index contributed by atoms with van der Waals surface area (Å²) in [6, 6.07) is 6.84. The van der Waals surface area contributed by atoms with Crippen molar-refractivity contribution in [3.05, 3.63) is 34.9 Å². The molecule has 0 aliphatic rings. The molecule has 1 atom stereocenters. The fourth-order valence-electron chi connectivity index (χ4n) is 1.69. The predicted octanol–water partition coefficient (Wildman–Crippen LogP) is 2.08. The Bertz CT molecular complexity index is 402. The maximum Gasteiger partial charge on any atom is 0.242 e. The zero-order valence-corrected chi connectivity index (χ0v) is 12.7. The Labute approximate surface area is 125 Å². The highest BCUT2D eigenvalue weighted by Crippen LogP contribution is 2.13. The summed E-state index contributed by atoms with van der Waals surface area (Å²) in [6.07, 6.45) is 0. The molecule has 0 spiro atoms. The zero-order valence-electron chi connectivity index (χ0n) is 11.1. The third-order valence-corrected chi connectivity index (χ3v) is 2.85. The van der Waals surface area contributed by atoms with Crippen LogP contribution in [0.5, 0.6) is 0 Å². The van der Waals surface area contributed by atoms with Crippen molar-refractivity contribution >= 4 is 29.9 Å². The topological polar surface area (TPSA) is 55.6 Å². The molecule has 1 aromatic rings. The van der Waals surface area contributed by atoms with Crippen LogP contribution in [0.2, 0.25) is 5.02 Å². The summed E-state index contributed by atoms with van der Waals surface area (Å²) < 4.78 is 4.90. The molecule has 2 N–H and O–H groups in total. The molecular formula is C13H20Cl2N2O2. The molecule has 0 saturated carbocycles. The highest BCUT2D eigenvalue weighted by Gasteiger charge is 2.19. The summed E-state index contributed by atoms with van der Waals surface area (Å²) in [4.78, 5) is 13.7. The van der Waals surface area contributed by atoms with E-state index in [4.69, 9.17) is 22.1 Å². The summed E-state index contributed by atoms with van der Waals surface area (Å²) in [5, 5.41) is 0.664. The van der Waals surface area contributed by atoms with E-state index < -0.39 is 6.04 Å². The van der Waals surface area contributed by atoms with Crippen molar-refractivity contribution in [3.8, 4) is 0 Å². The summed E-state index contributed by atoms with van der Waals surface area (Å²) >= 11 is 5.92. The SMILES string of the molecule is CCN(Cc1cccc(Cl)c1)C(=O)C(N)COC.Cl. The van der Waals surface area contributed by atoms with Crippen LogP contribution in [0, 0.1) is 0 Å². The molecule has 1 aromatic carbocycles. The number of carbonyl (C=O) groups is 1. The minimum atomic E-state index is -0.617. The average Bonchev–Trinajstić information content (AvgIpc) is 2.35. The van der Waals surface area contributed by atoms with Gasteiger partial charge in [-0.3, -0.25) is 4.79 Å². The van der Waals surface area contributed by atoms with E-state index in [2.05, 4.69) is 0 Å². The second-order valence-corrected chi connectivity index (χ2v) is 4.48. The molecule has 0 radical (unpaired) electrons. The van der Waals surface area contributed by atoms with Crippen LogP contribution in [0.4, 0.5) is 0 Å². The molecule has 108 valence electrons. The van der Waals surface area contributed by atoms with Crippen molar-refractivity contribution in [3.63, 3.8) is 0 Å². The number of hydrogen-bond donors (Lipinski definition) is 1. The van der Waals surface area contributed by atoms with Gasteiger partial charge in [0, 0.05) is 25.2 Å². The van der Waals surface area contributed by atoms with E-state index in [0.717, 1.165) is 5.56 Å². The van der Waals surface area contributed by atoms with Crippen molar-refractivity contribution in [2.75, 3.05) is 20.3 Å². The molecule has 1 unspecified atom stereocenters. The number of methoxy groups -OCH3 is 1. The molecule has 1 amide bonds. The largest absolute Gasteiger partial charge is 0.383 e. The van der Waals surface area contributed by atoms with E-state index in [-0.39, 0.29) is 24.9 Å². The standard InChI is InChI=1S/C13H19ClN2O2.ClH/c1-3-16(13(17)12(15)9-18-2)8-10-5-4-6-11(14)7-10;/h4-7,12H,3,8-9,15H2,1-2H3;1H. The van der Waals surface area contributed by atoms with Gasteiger partial charge in [-0.2, -0.15) is 0 Å². The van der Waals surface area contributed by atoms with Gasteiger partial charge in [0.2, 0.25) is 5.91 Å². The normalized spacial score (nSPS) is 11.6. The van der Waals surface area contributed by atoms with E-state index in [1.54, 1.807) is 11.0 Å². The van der Waals surface area contributed by atoms with Gasteiger partial charge in [-0.15, -0.1) is 12.4 Å². The molecule has 6 heteroatoms. The number of nitrogens with two attached hydrogens (primary N) is 1. The Morgan fingerprint density at radius 2 is 2.21 bits per heavy atom. The first kappa shape index (κ1) is 18.2. The number of rotatable bonds is 6. The van der Waals surface area contributed by atoms with Crippen molar-refractivity contribution < 1.29 is 9.53 Å². The van der Waals surface area contributed by atoms with Gasteiger partial charge < -0.3 is 15.4 Å². The van der Waals surface area contributed by atoms with Crippen LogP contribution in [0.1, 0.15) is 12.5 Å². The maximum atomic E-state index is 12.0. The fraction of sp³-hybridized carbons (Fsp3) is 0.462. The second-order valence-electron chi connectivity index (χ2n) is 4.04. The highest BCUT2D eigenvalue weighted by molar-refractivity contribution is 6.30. The lowest BCUT2D eigenvalue weighted by atomic mass is 10.2. The van der Waals surface area contributed by atoms with Crippen LogP contribution in [0.3, 0.4) is 0 Å². The number of hydrogen-bond acceptors (Lipinski definition) is 3. The zero-order chi connectivity index (χ0) is 13.5. The number of carbonyl (C=O) groups excluding carboxylic acids is 1.